The van der Waals surface area contributed by atoms with Crippen LogP contribution in [0.15, 0.2) is 42.9 Å². The number of aliphatic hydroxyl groups is 1. The number of hydrogen-bond donors (Lipinski definition) is 2. The largest absolute Gasteiger partial charge is 0.494 e. The van der Waals surface area contributed by atoms with E-state index in [2.05, 4.69) is 20.2 Å². The number of nitrogens with one attached hydrogen (secondary N) is 1. The van der Waals surface area contributed by atoms with Gasteiger partial charge in [0.1, 0.15) is 11.6 Å². The Morgan fingerprint density at radius 1 is 1.16 bits per heavy atom. The van der Waals surface area contributed by atoms with Gasteiger partial charge < -0.3 is 25.0 Å². The molecule has 8 nitrogen and oxygen atoms in total. The Morgan fingerprint density at radius 2 is 2.03 bits per heavy atom. The number of benzene rings is 1. The van der Waals surface area contributed by atoms with E-state index in [1.165, 1.54) is 0 Å². The number of hydrogen-bond acceptors (Lipinski definition) is 7. The normalized spacial score (nSPS) is 21.2. The smallest absolute Gasteiger partial charge is 0.222 e. The van der Waals surface area contributed by atoms with Gasteiger partial charge in [0.2, 0.25) is 5.91 Å². The lowest BCUT2D eigenvalue weighted by molar-refractivity contribution is -0.127. The topological polar surface area (TPSA) is 90.8 Å². The lowest BCUT2D eigenvalue weighted by Gasteiger charge is -2.39. The van der Waals surface area contributed by atoms with E-state index >= 15 is 0 Å². The first kappa shape index (κ1) is 22.5. The predicted octanol–water partition coefficient (Wildman–Crippen LogP) is 1.99. The van der Waals surface area contributed by atoms with Gasteiger partial charge in [0.05, 0.1) is 18.4 Å². The second kappa shape index (κ2) is 10.7. The Kier molecular flexibility index (Phi) is 7.55. The summed E-state index contributed by atoms with van der Waals surface area (Å²) in [5.74, 6) is 1.92. The van der Waals surface area contributed by atoms with Crippen LogP contribution in [0.2, 0.25) is 0 Å². The number of carbonyl (C=O) groups is 1. The highest BCUT2D eigenvalue weighted by atomic mass is 16.5. The quantitative estimate of drug-likeness (QED) is 0.547. The molecule has 1 aromatic carbocycles. The van der Waals surface area contributed by atoms with E-state index in [4.69, 9.17) is 4.74 Å². The summed E-state index contributed by atoms with van der Waals surface area (Å²) in [5, 5.41) is 14.4. The molecule has 4 rings (SSSR count). The molecule has 2 aliphatic rings. The van der Waals surface area contributed by atoms with Crippen molar-refractivity contribution < 1.29 is 14.6 Å². The monoisotopic (exact) mass is 439 g/mol. The van der Waals surface area contributed by atoms with Crippen LogP contribution in [0.1, 0.15) is 37.7 Å². The number of anilines is 1. The number of β-amino-alcohol motifs (C(OH)–C–C–N with tert-alkyl or cyclic N) is 1. The zero-order valence-corrected chi connectivity index (χ0v) is 18.6. The molecule has 1 unspecified atom stereocenters. The molecule has 2 aromatic rings. The zero-order valence-electron chi connectivity index (χ0n) is 18.6. The number of likely N-dealkylation sites (tertiary alicyclic amines) is 1. The highest BCUT2D eigenvalue weighted by Crippen LogP contribution is 2.24. The summed E-state index contributed by atoms with van der Waals surface area (Å²) in [5.41, 5.74) is 0.362. The number of piperidine rings is 1. The van der Waals surface area contributed by atoms with Gasteiger partial charge in [0.25, 0.3) is 0 Å². The maximum Gasteiger partial charge on any atom is 0.222 e. The van der Waals surface area contributed by atoms with E-state index in [1.54, 1.807) is 18.6 Å². The van der Waals surface area contributed by atoms with Crippen LogP contribution in [0.4, 0.5) is 5.82 Å². The molecule has 0 radical (unpaired) electrons. The Labute approximate surface area is 189 Å². The third-order valence-corrected chi connectivity index (χ3v) is 6.15. The molecule has 0 aliphatic carbocycles. The second-order valence-corrected chi connectivity index (χ2v) is 8.75. The fourth-order valence-corrected chi connectivity index (χ4v) is 4.44. The molecule has 0 spiro atoms. The van der Waals surface area contributed by atoms with Crippen LogP contribution in [0, 0.1) is 0 Å². The molecule has 0 saturated carbocycles. The molecule has 2 N–H and O–H groups in total. The lowest BCUT2D eigenvalue weighted by atomic mass is 9.92. The van der Waals surface area contributed by atoms with Crippen LogP contribution >= 0.6 is 0 Å². The average Bonchev–Trinajstić information content (AvgIpc) is 3.23. The van der Waals surface area contributed by atoms with Crippen LogP contribution in [0.3, 0.4) is 0 Å². The number of nitrogens with zero attached hydrogens (tertiary/aromatic N) is 4. The Bertz CT molecular complexity index is 864. The standard InChI is InChI=1S/C24H33N5O3/c30-23-4-1-12-28(23)14-3-15-32-21-7-5-20(6-8-21)16-26-18-24(31)9-2-13-29(19-24)22-17-25-10-11-27-22/h5-8,10-11,17,26,31H,1-4,9,12-16,18-19H2. The van der Waals surface area contributed by atoms with Crippen LogP contribution in [-0.2, 0) is 11.3 Å². The van der Waals surface area contributed by atoms with Crippen molar-refractivity contribution in [2.24, 2.45) is 0 Å². The maximum atomic E-state index is 11.6. The molecule has 2 fully saturated rings. The molecule has 2 aliphatic heterocycles. The second-order valence-electron chi connectivity index (χ2n) is 8.75. The molecule has 2 saturated heterocycles. The summed E-state index contributed by atoms with van der Waals surface area (Å²) in [6, 6.07) is 8.04. The van der Waals surface area contributed by atoms with Gasteiger partial charge in [-0.05, 0) is 43.4 Å². The first-order chi connectivity index (χ1) is 15.6. The van der Waals surface area contributed by atoms with Gasteiger partial charge in [-0.15, -0.1) is 0 Å². The third-order valence-electron chi connectivity index (χ3n) is 6.15. The summed E-state index contributed by atoms with van der Waals surface area (Å²) in [6.07, 6.45) is 9.30. The molecule has 8 heteroatoms. The molecule has 1 amide bonds. The number of aromatic nitrogens is 2. The molecule has 32 heavy (non-hydrogen) atoms. The van der Waals surface area contributed by atoms with Crippen molar-refractivity contribution in [3.05, 3.63) is 48.4 Å². The highest BCUT2D eigenvalue weighted by molar-refractivity contribution is 5.77. The Balaban J connectivity index is 1.17. The van der Waals surface area contributed by atoms with Crippen LogP contribution in [0.25, 0.3) is 0 Å². The van der Waals surface area contributed by atoms with Crippen LogP contribution in [0.5, 0.6) is 5.75 Å². The number of carbonyl (C=O) groups excluding carboxylic acids is 1. The predicted molar refractivity (Wildman–Crippen MR) is 123 cm³/mol. The van der Waals surface area contributed by atoms with E-state index in [0.29, 0.717) is 32.7 Å². The van der Waals surface area contributed by atoms with Gasteiger partial charge in [-0.2, -0.15) is 0 Å². The summed E-state index contributed by atoms with van der Waals surface area (Å²) in [7, 11) is 0. The molecular formula is C24H33N5O3. The fourth-order valence-electron chi connectivity index (χ4n) is 4.44. The minimum atomic E-state index is -0.782. The summed E-state index contributed by atoms with van der Waals surface area (Å²) >= 11 is 0. The number of amides is 1. The van der Waals surface area contributed by atoms with Gasteiger partial charge in [-0.1, -0.05) is 12.1 Å². The first-order valence-electron chi connectivity index (χ1n) is 11.5. The maximum absolute atomic E-state index is 11.6. The van der Waals surface area contributed by atoms with Crippen molar-refractivity contribution in [1.82, 2.24) is 20.2 Å². The van der Waals surface area contributed by atoms with Crippen molar-refractivity contribution in [2.45, 2.75) is 44.2 Å². The molecule has 172 valence electrons. The molecule has 3 heterocycles. The number of rotatable bonds is 10. The van der Waals surface area contributed by atoms with Gasteiger partial charge in [-0.3, -0.25) is 9.78 Å². The molecular weight excluding hydrogens is 406 g/mol. The van der Waals surface area contributed by atoms with Crippen molar-refractivity contribution in [1.29, 1.82) is 0 Å². The van der Waals surface area contributed by atoms with E-state index < -0.39 is 5.60 Å². The van der Waals surface area contributed by atoms with E-state index in [9.17, 15) is 9.90 Å². The summed E-state index contributed by atoms with van der Waals surface area (Å²) in [4.78, 5) is 24.1. The van der Waals surface area contributed by atoms with Crippen LogP contribution in [-0.4, -0.2) is 70.8 Å². The molecule has 1 atom stereocenters. The van der Waals surface area contributed by atoms with E-state index in [0.717, 1.165) is 62.4 Å². The van der Waals surface area contributed by atoms with Gasteiger partial charge >= 0.3 is 0 Å². The molecule has 1 aromatic heterocycles. The highest BCUT2D eigenvalue weighted by Gasteiger charge is 2.33. The van der Waals surface area contributed by atoms with Crippen molar-refractivity contribution in [3.63, 3.8) is 0 Å². The lowest BCUT2D eigenvalue weighted by Crippen LogP contribution is -2.53. The van der Waals surface area contributed by atoms with E-state index in [-0.39, 0.29) is 5.91 Å². The van der Waals surface area contributed by atoms with Gasteiger partial charge in [0.15, 0.2) is 0 Å². The van der Waals surface area contributed by atoms with Crippen molar-refractivity contribution >= 4 is 11.7 Å². The summed E-state index contributed by atoms with van der Waals surface area (Å²) < 4.78 is 5.81. The average molecular weight is 440 g/mol. The third kappa shape index (κ3) is 6.17. The van der Waals surface area contributed by atoms with Crippen LogP contribution < -0.4 is 15.0 Å². The fraction of sp³-hybridized carbons (Fsp3) is 0.542. The first-order valence-corrected chi connectivity index (χ1v) is 11.5. The SMILES string of the molecule is O=C1CCCN1CCCOc1ccc(CNCC2(O)CCCN(c3cnccn3)C2)cc1. The van der Waals surface area contributed by atoms with E-state index in [1.807, 2.05) is 29.2 Å². The Morgan fingerprint density at radius 3 is 2.78 bits per heavy atom. The zero-order chi connectivity index (χ0) is 22.2. The minimum Gasteiger partial charge on any atom is -0.494 e. The van der Waals surface area contributed by atoms with Gasteiger partial charge in [-0.25, -0.2) is 4.98 Å². The molecule has 0 bridgehead atoms. The van der Waals surface area contributed by atoms with Crippen molar-refractivity contribution in [2.75, 3.05) is 44.2 Å². The Hall–Kier alpha value is -2.71. The minimum absolute atomic E-state index is 0.265. The number of ether oxygens (including phenoxy) is 1. The van der Waals surface area contributed by atoms with Gasteiger partial charge in [0, 0.05) is 58.1 Å². The van der Waals surface area contributed by atoms with Crippen molar-refractivity contribution in [3.8, 4) is 5.75 Å². The summed E-state index contributed by atoms with van der Waals surface area (Å²) in [6.45, 7) is 4.91.